The summed E-state index contributed by atoms with van der Waals surface area (Å²) < 4.78 is 1.24. The molecule has 60 valence electrons. The summed E-state index contributed by atoms with van der Waals surface area (Å²) in [6, 6.07) is 0. The van der Waals surface area contributed by atoms with Gasteiger partial charge in [0.1, 0.15) is 0 Å². The second kappa shape index (κ2) is 2.54. The minimum Gasteiger partial charge on any atom is -0.328 e. The van der Waals surface area contributed by atoms with Gasteiger partial charge in [0.25, 0.3) is 0 Å². The summed E-state index contributed by atoms with van der Waals surface area (Å²) in [4.78, 5) is 0. The predicted molar refractivity (Wildman–Crippen MR) is 44.8 cm³/mol. The number of hydrogen-bond acceptors (Lipinski definition) is 0. The summed E-state index contributed by atoms with van der Waals surface area (Å²) >= 11 is 0. The lowest BCUT2D eigenvalue weighted by Gasteiger charge is -2.23. The van der Waals surface area contributed by atoms with Gasteiger partial charge in [-0.2, -0.15) is 0 Å². The lowest BCUT2D eigenvalue weighted by Crippen LogP contribution is -2.36. The van der Waals surface area contributed by atoms with E-state index < -0.39 is 0 Å². The van der Waals surface area contributed by atoms with Crippen LogP contribution in [-0.4, -0.2) is 31.7 Å². The molecule has 1 nitrogen and oxygen atoms in total. The highest BCUT2D eigenvalue weighted by Crippen LogP contribution is 2.28. The third-order valence-corrected chi connectivity index (χ3v) is 2.84. The molecule has 0 spiro atoms. The highest BCUT2D eigenvalue weighted by atomic mass is 15.3. The third kappa shape index (κ3) is 1.51. The van der Waals surface area contributed by atoms with Crippen LogP contribution in [0.5, 0.6) is 0 Å². The van der Waals surface area contributed by atoms with E-state index in [0.29, 0.717) is 0 Å². The lowest BCUT2D eigenvalue weighted by atomic mass is 9.96. The Morgan fingerprint density at radius 1 is 1.30 bits per heavy atom. The third-order valence-electron chi connectivity index (χ3n) is 2.84. The highest BCUT2D eigenvalue weighted by molar-refractivity contribution is 4.70. The molecule has 0 saturated carbocycles. The van der Waals surface area contributed by atoms with Crippen molar-refractivity contribution in [3.05, 3.63) is 0 Å². The molecule has 0 aromatic heterocycles. The quantitative estimate of drug-likeness (QED) is 0.489. The Morgan fingerprint density at radius 2 is 1.90 bits per heavy atom. The molecule has 2 unspecified atom stereocenters. The fraction of sp³-hybridized carbons (Fsp3) is 1.00. The zero-order valence-corrected chi connectivity index (χ0v) is 7.72. The van der Waals surface area contributed by atoms with Crippen molar-refractivity contribution in [2.75, 3.05) is 27.2 Å². The molecule has 1 heteroatoms. The normalized spacial score (nSPS) is 38.4. The summed E-state index contributed by atoms with van der Waals surface area (Å²) in [6.07, 6.45) is 1.36. The molecule has 1 saturated heterocycles. The lowest BCUT2D eigenvalue weighted by molar-refractivity contribution is -0.880. The first-order valence-corrected chi connectivity index (χ1v) is 4.37. The fourth-order valence-electron chi connectivity index (χ4n) is 2.35. The van der Waals surface area contributed by atoms with Crippen LogP contribution in [0.25, 0.3) is 0 Å². The van der Waals surface area contributed by atoms with Crippen molar-refractivity contribution >= 4 is 0 Å². The van der Waals surface area contributed by atoms with Crippen molar-refractivity contribution in [3.8, 4) is 0 Å². The van der Waals surface area contributed by atoms with Crippen LogP contribution in [0.4, 0.5) is 0 Å². The van der Waals surface area contributed by atoms with Gasteiger partial charge in [-0.15, -0.1) is 0 Å². The average Bonchev–Trinajstić information content (AvgIpc) is 2.05. The number of hydrogen-bond donors (Lipinski definition) is 0. The van der Waals surface area contributed by atoms with E-state index in [-0.39, 0.29) is 0 Å². The summed E-state index contributed by atoms with van der Waals surface area (Å²) in [7, 11) is 4.68. The topological polar surface area (TPSA) is 0 Å². The number of rotatable bonds is 1. The minimum atomic E-state index is 0.944. The minimum absolute atomic E-state index is 0.944. The Labute approximate surface area is 64.6 Å². The summed E-state index contributed by atoms with van der Waals surface area (Å²) in [5.41, 5.74) is 0. The number of quaternary nitrogens is 1. The van der Waals surface area contributed by atoms with Crippen LogP contribution < -0.4 is 0 Å². The van der Waals surface area contributed by atoms with Crippen LogP contribution >= 0.6 is 0 Å². The molecular formula is C9H20N+. The first-order valence-electron chi connectivity index (χ1n) is 4.37. The Kier molecular flexibility index (Phi) is 2.04. The van der Waals surface area contributed by atoms with Crippen molar-refractivity contribution in [1.29, 1.82) is 0 Å². The zero-order chi connectivity index (χ0) is 7.78. The first-order chi connectivity index (χ1) is 4.55. The van der Waals surface area contributed by atoms with E-state index >= 15 is 0 Å². The van der Waals surface area contributed by atoms with E-state index in [1.165, 1.54) is 24.0 Å². The highest BCUT2D eigenvalue weighted by Gasteiger charge is 2.35. The van der Waals surface area contributed by atoms with E-state index in [2.05, 4.69) is 27.9 Å². The van der Waals surface area contributed by atoms with Crippen molar-refractivity contribution in [1.82, 2.24) is 0 Å². The molecule has 1 aliphatic heterocycles. The molecule has 2 atom stereocenters. The van der Waals surface area contributed by atoms with Gasteiger partial charge >= 0.3 is 0 Å². The molecule has 0 N–H and O–H groups in total. The molecule has 0 bridgehead atoms. The van der Waals surface area contributed by atoms with Gasteiger partial charge in [-0.3, -0.25) is 0 Å². The SMILES string of the molecule is CCC1C[N+](C)(C)CC1C. The smallest absolute Gasteiger partial charge is 0.0815 e. The molecule has 1 heterocycles. The van der Waals surface area contributed by atoms with Gasteiger partial charge in [-0.1, -0.05) is 13.8 Å². The molecule has 0 aromatic rings. The molecule has 0 amide bonds. The van der Waals surface area contributed by atoms with E-state index in [1.807, 2.05) is 0 Å². The summed E-state index contributed by atoms with van der Waals surface area (Å²) in [5.74, 6) is 1.93. The Balaban J connectivity index is 2.52. The van der Waals surface area contributed by atoms with Crippen LogP contribution in [0.2, 0.25) is 0 Å². The maximum absolute atomic E-state index is 2.39. The monoisotopic (exact) mass is 142 g/mol. The average molecular weight is 142 g/mol. The molecular weight excluding hydrogens is 122 g/mol. The molecule has 1 rings (SSSR count). The van der Waals surface area contributed by atoms with Gasteiger partial charge < -0.3 is 4.48 Å². The van der Waals surface area contributed by atoms with Crippen molar-refractivity contribution in [3.63, 3.8) is 0 Å². The Hall–Kier alpha value is -0.0400. The Bertz CT molecular complexity index is 118. The Morgan fingerprint density at radius 3 is 2.10 bits per heavy atom. The maximum atomic E-state index is 2.39. The van der Waals surface area contributed by atoms with Gasteiger partial charge in [0.05, 0.1) is 27.2 Å². The fourth-order valence-corrected chi connectivity index (χ4v) is 2.35. The predicted octanol–water partition coefficient (Wildman–Crippen LogP) is 1.74. The standard InChI is InChI=1S/C9H20N/c1-5-9-7-10(3,4)6-8(9)2/h8-9H,5-7H2,1-4H3/q+1. The first kappa shape index (κ1) is 8.06. The molecule has 1 aliphatic rings. The summed E-state index contributed by atoms with van der Waals surface area (Å²) in [5, 5.41) is 0. The molecule has 10 heavy (non-hydrogen) atoms. The van der Waals surface area contributed by atoms with Gasteiger partial charge in [-0.05, 0) is 6.42 Å². The van der Waals surface area contributed by atoms with E-state index in [9.17, 15) is 0 Å². The van der Waals surface area contributed by atoms with Crippen LogP contribution in [0.1, 0.15) is 20.3 Å². The zero-order valence-electron chi connectivity index (χ0n) is 7.72. The van der Waals surface area contributed by atoms with E-state index in [1.54, 1.807) is 0 Å². The second-order valence-electron chi connectivity index (χ2n) is 4.45. The van der Waals surface area contributed by atoms with Crippen LogP contribution in [0.15, 0.2) is 0 Å². The van der Waals surface area contributed by atoms with Crippen LogP contribution in [0, 0.1) is 11.8 Å². The molecule has 0 aliphatic carbocycles. The van der Waals surface area contributed by atoms with Crippen molar-refractivity contribution in [2.45, 2.75) is 20.3 Å². The van der Waals surface area contributed by atoms with Gasteiger partial charge in [0, 0.05) is 11.8 Å². The van der Waals surface area contributed by atoms with E-state index in [0.717, 1.165) is 11.8 Å². The number of likely N-dealkylation sites (tertiary alicyclic amines) is 1. The molecule has 1 fully saturated rings. The van der Waals surface area contributed by atoms with Gasteiger partial charge in [-0.25, -0.2) is 0 Å². The summed E-state index contributed by atoms with van der Waals surface area (Å²) in [6.45, 7) is 7.46. The second-order valence-corrected chi connectivity index (χ2v) is 4.45. The van der Waals surface area contributed by atoms with Crippen LogP contribution in [0.3, 0.4) is 0 Å². The van der Waals surface area contributed by atoms with Crippen molar-refractivity contribution in [2.24, 2.45) is 11.8 Å². The largest absolute Gasteiger partial charge is 0.328 e. The van der Waals surface area contributed by atoms with Crippen molar-refractivity contribution < 1.29 is 4.48 Å². The number of nitrogens with zero attached hydrogens (tertiary/aromatic N) is 1. The molecule has 0 aromatic carbocycles. The molecule has 0 radical (unpaired) electrons. The van der Waals surface area contributed by atoms with Gasteiger partial charge in [0.15, 0.2) is 0 Å². The van der Waals surface area contributed by atoms with Crippen LogP contribution in [-0.2, 0) is 0 Å². The van der Waals surface area contributed by atoms with Gasteiger partial charge in [0.2, 0.25) is 0 Å². The maximum Gasteiger partial charge on any atom is 0.0815 e. The van der Waals surface area contributed by atoms with E-state index in [4.69, 9.17) is 0 Å².